The van der Waals surface area contributed by atoms with Crippen molar-refractivity contribution >= 4 is 43.7 Å². The standard InChI is InChI=1S/C17H27ClN4O3S.C4H11N3O2S/c1-11(2)14-9-13(18)10-15(12(3)4)16(14)20-17(23)21-26(24,25)22-7-5-19-6-8-22;5-10(8,9)7-3-1-6-2-4-7/h9-12,19H,5-8H2,1-4H3,(H2,20,21,23);6H,1-4H2,(H2,5,8,9). The van der Waals surface area contributed by atoms with Crippen LogP contribution >= 0.6 is 11.6 Å². The highest BCUT2D eigenvalue weighted by molar-refractivity contribution is 7.87. The summed E-state index contributed by atoms with van der Waals surface area (Å²) in [6.45, 7) is 12.1. The molecule has 36 heavy (non-hydrogen) atoms. The lowest BCUT2D eigenvalue weighted by atomic mass is 9.92. The molecule has 0 saturated carbocycles. The number of carbonyl (C=O) groups is 1. The van der Waals surface area contributed by atoms with E-state index in [4.69, 9.17) is 16.7 Å². The van der Waals surface area contributed by atoms with Gasteiger partial charge in [0.25, 0.3) is 10.2 Å². The van der Waals surface area contributed by atoms with Crippen molar-refractivity contribution in [2.75, 3.05) is 57.7 Å². The minimum Gasteiger partial charge on any atom is -0.314 e. The normalized spacial score (nSPS) is 18.0. The number of halogens is 1. The van der Waals surface area contributed by atoms with E-state index < -0.39 is 26.4 Å². The molecule has 0 radical (unpaired) electrons. The minimum absolute atomic E-state index is 0.117. The summed E-state index contributed by atoms with van der Waals surface area (Å²) in [7, 11) is -7.30. The van der Waals surface area contributed by atoms with Crippen LogP contribution in [0.3, 0.4) is 0 Å². The van der Waals surface area contributed by atoms with Gasteiger partial charge in [-0.15, -0.1) is 0 Å². The van der Waals surface area contributed by atoms with Gasteiger partial charge in [-0.2, -0.15) is 25.4 Å². The number of benzene rings is 1. The van der Waals surface area contributed by atoms with Crippen molar-refractivity contribution in [3.05, 3.63) is 28.3 Å². The Morgan fingerprint density at radius 2 is 1.31 bits per heavy atom. The lowest BCUT2D eigenvalue weighted by Gasteiger charge is -2.27. The first kappa shape index (κ1) is 30.7. The molecule has 6 N–H and O–H groups in total. The number of carbonyl (C=O) groups excluding carboxylic acids is 1. The predicted octanol–water partition coefficient (Wildman–Crippen LogP) is 0.953. The van der Waals surface area contributed by atoms with E-state index in [-0.39, 0.29) is 11.8 Å². The molecule has 0 aliphatic carbocycles. The first-order valence-corrected chi connectivity index (χ1v) is 15.2. The van der Waals surface area contributed by atoms with E-state index in [0.717, 1.165) is 11.1 Å². The second kappa shape index (κ2) is 13.3. The van der Waals surface area contributed by atoms with E-state index in [2.05, 4.69) is 20.7 Å². The summed E-state index contributed by atoms with van der Waals surface area (Å²) in [5.41, 5.74) is 2.36. The molecule has 1 aromatic carbocycles. The van der Waals surface area contributed by atoms with Gasteiger partial charge in [0, 0.05) is 63.1 Å². The van der Waals surface area contributed by atoms with Gasteiger partial charge < -0.3 is 16.0 Å². The number of nitrogens with two attached hydrogens (primary N) is 1. The zero-order valence-electron chi connectivity index (χ0n) is 21.2. The number of amides is 2. The van der Waals surface area contributed by atoms with E-state index in [1.807, 2.05) is 27.7 Å². The van der Waals surface area contributed by atoms with Crippen molar-refractivity contribution in [3.8, 4) is 0 Å². The van der Waals surface area contributed by atoms with Crippen LogP contribution in [-0.2, 0) is 20.4 Å². The third kappa shape index (κ3) is 9.10. The van der Waals surface area contributed by atoms with Gasteiger partial charge in [0.15, 0.2) is 0 Å². The molecule has 3 rings (SSSR count). The molecular formula is C21H38ClN7O5S2. The Kier molecular flexibility index (Phi) is 11.4. The number of hydrogen-bond donors (Lipinski definition) is 5. The SMILES string of the molecule is CC(C)c1cc(Cl)cc(C(C)C)c1NC(=O)NS(=O)(=O)N1CCNCC1.NS(=O)(=O)N1CCNCC1. The topological polar surface area (TPSA) is 166 Å². The van der Waals surface area contributed by atoms with Crippen molar-refractivity contribution in [2.45, 2.75) is 39.5 Å². The van der Waals surface area contributed by atoms with Gasteiger partial charge in [-0.25, -0.2) is 14.7 Å². The average Bonchev–Trinajstić information content (AvgIpc) is 2.80. The maximum atomic E-state index is 12.4. The Bertz CT molecular complexity index is 1070. The maximum absolute atomic E-state index is 12.4. The summed E-state index contributed by atoms with van der Waals surface area (Å²) in [5, 5.41) is 14.3. The minimum atomic E-state index is -3.87. The molecule has 206 valence electrons. The Hall–Kier alpha value is -1.52. The molecule has 2 aliphatic heterocycles. The molecule has 0 bridgehead atoms. The number of anilines is 1. The van der Waals surface area contributed by atoms with E-state index in [1.54, 1.807) is 12.1 Å². The first-order chi connectivity index (χ1) is 16.7. The monoisotopic (exact) mass is 567 g/mol. The molecular weight excluding hydrogens is 530 g/mol. The van der Waals surface area contributed by atoms with Crippen LogP contribution in [0.4, 0.5) is 10.5 Å². The van der Waals surface area contributed by atoms with Crippen LogP contribution in [0.25, 0.3) is 0 Å². The molecule has 2 amide bonds. The first-order valence-electron chi connectivity index (χ1n) is 11.8. The zero-order valence-corrected chi connectivity index (χ0v) is 23.6. The maximum Gasteiger partial charge on any atom is 0.333 e. The van der Waals surface area contributed by atoms with Gasteiger partial charge in [0.05, 0.1) is 0 Å². The van der Waals surface area contributed by atoms with Crippen LogP contribution in [0, 0.1) is 0 Å². The molecule has 0 spiro atoms. The fourth-order valence-corrected chi connectivity index (χ4v) is 5.81. The molecule has 2 saturated heterocycles. The quantitative estimate of drug-likeness (QED) is 0.341. The summed E-state index contributed by atoms with van der Waals surface area (Å²) < 4.78 is 50.7. The van der Waals surface area contributed by atoms with E-state index in [0.29, 0.717) is 63.1 Å². The molecule has 15 heteroatoms. The van der Waals surface area contributed by atoms with Crippen LogP contribution < -0.4 is 25.8 Å². The molecule has 2 aliphatic rings. The summed E-state index contributed by atoms with van der Waals surface area (Å²) in [5.74, 6) is 0.234. The van der Waals surface area contributed by atoms with Gasteiger partial charge in [0.2, 0.25) is 0 Å². The van der Waals surface area contributed by atoms with E-state index >= 15 is 0 Å². The van der Waals surface area contributed by atoms with Crippen LogP contribution in [0.2, 0.25) is 5.02 Å². The second-order valence-corrected chi connectivity index (χ2v) is 12.8. The Morgan fingerprint density at radius 1 is 0.889 bits per heavy atom. The molecule has 2 heterocycles. The van der Waals surface area contributed by atoms with Crippen molar-refractivity contribution < 1.29 is 21.6 Å². The summed E-state index contributed by atoms with van der Waals surface area (Å²) in [4.78, 5) is 12.4. The lowest BCUT2D eigenvalue weighted by Crippen LogP contribution is -2.52. The molecule has 0 aromatic heterocycles. The zero-order chi connectivity index (χ0) is 27.1. The number of rotatable bonds is 6. The molecule has 0 unspecified atom stereocenters. The van der Waals surface area contributed by atoms with Gasteiger partial charge in [-0.05, 0) is 35.1 Å². The van der Waals surface area contributed by atoms with E-state index in [1.165, 1.54) is 8.61 Å². The Morgan fingerprint density at radius 3 is 1.67 bits per heavy atom. The highest BCUT2D eigenvalue weighted by Crippen LogP contribution is 2.35. The van der Waals surface area contributed by atoms with Crippen molar-refractivity contribution in [3.63, 3.8) is 0 Å². The Balaban J connectivity index is 0.000000380. The van der Waals surface area contributed by atoms with Gasteiger partial charge in [0.1, 0.15) is 0 Å². The summed E-state index contributed by atoms with van der Waals surface area (Å²) >= 11 is 6.22. The number of hydrogen-bond acceptors (Lipinski definition) is 7. The number of urea groups is 1. The van der Waals surface area contributed by atoms with Gasteiger partial charge in [-0.1, -0.05) is 39.3 Å². The smallest absolute Gasteiger partial charge is 0.314 e. The van der Waals surface area contributed by atoms with Crippen molar-refractivity contribution in [2.24, 2.45) is 5.14 Å². The highest BCUT2D eigenvalue weighted by Gasteiger charge is 2.27. The van der Waals surface area contributed by atoms with Crippen LogP contribution in [0.15, 0.2) is 12.1 Å². The molecule has 1 aromatic rings. The number of nitrogens with zero attached hydrogens (tertiary/aromatic N) is 2. The third-order valence-corrected chi connectivity index (χ3v) is 8.51. The Labute approximate surface area is 219 Å². The average molecular weight is 568 g/mol. The van der Waals surface area contributed by atoms with Gasteiger partial charge in [-0.3, -0.25) is 0 Å². The van der Waals surface area contributed by atoms with E-state index in [9.17, 15) is 21.6 Å². The summed E-state index contributed by atoms with van der Waals surface area (Å²) in [6, 6.07) is 2.84. The fraction of sp³-hybridized carbons (Fsp3) is 0.667. The highest BCUT2D eigenvalue weighted by atomic mass is 35.5. The molecule has 0 atom stereocenters. The van der Waals surface area contributed by atoms with Crippen molar-refractivity contribution in [1.82, 2.24) is 24.0 Å². The van der Waals surface area contributed by atoms with Crippen LogP contribution in [0.5, 0.6) is 0 Å². The molecule has 2 fully saturated rings. The largest absolute Gasteiger partial charge is 0.333 e. The second-order valence-electron chi connectivity index (χ2n) is 9.17. The summed E-state index contributed by atoms with van der Waals surface area (Å²) in [6.07, 6.45) is 0. The van der Waals surface area contributed by atoms with Crippen LogP contribution in [0.1, 0.15) is 50.7 Å². The lowest BCUT2D eigenvalue weighted by molar-refractivity contribution is 0.255. The number of nitrogens with one attached hydrogen (secondary N) is 4. The fourth-order valence-electron chi connectivity index (χ4n) is 3.81. The van der Waals surface area contributed by atoms with Crippen molar-refractivity contribution in [1.29, 1.82) is 0 Å². The van der Waals surface area contributed by atoms with Crippen LogP contribution in [-0.4, -0.2) is 83.8 Å². The van der Waals surface area contributed by atoms with Gasteiger partial charge >= 0.3 is 16.2 Å². The predicted molar refractivity (Wildman–Crippen MR) is 143 cm³/mol. The molecule has 12 nitrogen and oxygen atoms in total. The third-order valence-electron chi connectivity index (χ3n) is 5.72. The number of piperazine rings is 2.